The summed E-state index contributed by atoms with van der Waals surface area (Å²) in [5.41, 5.74) is -0.835. The van der Waals surface area contributed by atoms with Crippen LogP contribution in [0.5, 0.6) is 5.75 Å². The van der Waals surface area contributed by atoms with Crippen LogP contribution < -0.4 is 4.74 Å². The van der Waals surface area contributed by atoms with Crippen molar-refractivity contribution in [2.24, 2.45) is 0 Å². The van der Waals surface area contributed by atoms with Crippen molar-refractivity contribution in [2.75, 3.05) is 7.11 Å². The lowest BCUT2D eigenvalue weighted by Crippen LogP contribution is -2.08. The molecule has 0 amide bonds. The van der Waals surface area contributed by atoms with E-state index in [1.165, 1.54) is 22.6 Å². The summed E-state index contributed by atoms with van der Waals surface area (Å²) in [5.74, 6) is -0.704. The number of hydrogen-bond donors (Lipinski definition) is 2. The number of hydrogen-bond acceptors (Lipinski definition) is 6. The van der Waals surface area contributed by atoms with Crippen LogP contribution in [-0.2, 0) is 20.2 Å². The van der Waals surface area contributed by atoms with Crippen molar-refractivity contribution in [3.05, 3.63) is 14.6 Å². The third-order valence-electron chi connectivity index (χ3n) is 1.97. The minimum absolute atomic E-state index is 0.239. The van der Waals surface area contributed by atoms with Crippen molar-refractivity contribution in [3.63, 3.8) is 0 Å². The molecule has 104 valence electrons. The van der Waals surface area contributed by atoms with E-state index >= 15 is 0 Å². The minimum atomic E-state index is -4.78. The lowest BCUT2D eigenvalue weighted by molar-refractivity contribution is 0.397. The Morgan fingerprint density at radius 3 is 2.11 bits per heavy atom. The molecule has 0 aliphatic rings. The number of benzene rings is 1. The van der Waals surface area contributed by atoms with Crippen molar-refractivity contribution >= 4 is 48.5 Å². The van der Waals surface area contributed by atoms with Gasteiger partial charge in [-0.2, -0.15) is 16.8 Å². The van der Waals surface area contributed by atoms with Crippen molar-refractivity contribution in [1.82, 2.24) is 0 Å². The maximum absolute atomic E-state index is 11.2. The van der Waals surface area contributed by atoms with Gasteiger partial charge in [-0.1, -0.05) is 0 Å². The van der Waals surface area contributed by atoms with Gasteiger partial charge in [-0.3, -0.25) is 9.11 Å². The van der Waals surface area contributed by atoms with Gasteiger partial charge in [0.15, 0.2) is 14.8 Å². The Morgan fingerprint density at radius 1 is 1.26 bits per heavy atom. The summed E-state index contributed by atoms with van der Waals surface area (Å²) in [5, 5.41) is 8.77. The summed E-state index contributed by atoms with van der Waals surface area (Å²) in [6.07, 6.45) is 0. The molecule has 0 radical (unpaired) electrons. The fourth-order valence-corrected chi connectivity index (χ4v) is 4.26. The van der Waals surface area contributed by atoms with Crippen LogP contribution in [0, 0.1) is 8.96 Å². The highest BCUT2D eigenvalue weighted by Gasteiger charge is 2.37. The summed E-state index contributed by atoms with van der Waals surface area (Å²) in [7, 11) is -8.55. The predicted octanol–water partition coefficient (Wildman–Crippen LogP) is 1.28. The molecule has 1 aromatic carbocycles. The molecule has 0 bridgehead atoms. The smallest absolute Gasteiger partial charge is 0.448 e. The number of rotatable bonds is 3. The van der Waals surface area contributed by atoms with E-state index in [-0.39, 0.29) is 3.57 Å². The van der Waals surface area contributed by atoms with E-state index in [1.54, 1.807) is 0 Å². The Labute approximate surface area is 121 Å². The number of nitrogens with zero attached hydrogens (tertiary/aromatic N) is 2. The molecule has 1 aromatic rings. The SMILES string of the molecule is COc1c([N+]#N)c(S(=O)(=O)O)cc(I)c1S(=O)(=O)O. The third-order valence-corrected chi connectivity index (χ3v) is 4.97. The van der Waals surface area contributed by atoms with Gasteiger partial charge in [-0.15, -0.1) is 0 Å². The minimum Gasteiger partial charge on any atom is -0.488 e. The molecule has 0 saturated heterocycles. The van der Waals surface area contributed by atoms with Crippen LogP contribution >= 0.6 is 22.6 Å². The van der Waals surface area contributed by atoms with Crippen LogP contribution in [0.4, 0.5) is 5.69 Å². The predicted molar refractivity (Wildman–Crippen MR) is 70.1 cm³/mol. The van der Waals surface area contributed by atoms with Gasteiger partial charge in [0.2, 0.25) is 11.1 Å². The molecular weight excluding hydrogens is 415 g/mol. The quantitative estimate of drug-likeness (QED) is 0.422. The first-order valence-electron chi connectivity index (χ1n) is 4.24. The molecule has 1 rings (SSSR count). The topological polar surface area (TPSA) is 146 Å². The van der Waals surface area contributed by atoms with Crippen LogP contribution in [0.15, 0.2) is 15.9 Å². The highest BCUT2D eigenvalue weighted by molar-refractivity contribution is 14.1. The number of diazo groups is 1. The summed E-state index contributed by atoms with van der Waals surface area (Å²) in [6, 6.07) is 0.719. The van der Waals surface area contributed by atoms with Crippen LogP contribution in [0.25, 0.3) is 4.98 Å². The van der Waals surface area contributed by atoms with Gasteiger partial charge in [-0.05, 0) is 28.7 Å². The first-order chi connectivity index (χ1) is 8.54. The van der Waals surface area contributed by atoms with Crippen molar-refractivity contribution in [1.29, 1.82) is 5.39 Å². The van der Waals surface area contributed by atoms with E-state index in [2.05, 4.69) is 9.71 Å². The summed E-state index contributed by atoms with van der Waals surface area (Å²) in [6.45, 7) is 0. The molecule has 0 fully saturated rings. The van der Waals surface area contributed by atoms with E-state index in [4.69, 9.17) is 14.5 Å². The second-order valence-electron chi connectivity index (χ2n) is 3.12. The largest absolute Gasteiger partial charge is 0.488 e. The number of ether oxygens (including phenoxy) is 1. The molecule has 2 N–H and O–H groups in total. The van der Waals surface area contributed by atoms with Gasteiger partial charge in [0.05, 0.1) is 7.11 Å². The summed E-state index contributed by atoms with van der Waals surface area (Å²) in [4.78, 5) is 0.954. The van der Waals surface area contributed by atoms with Gasteiger partial charge >= 0.3 is 15.8 Å². The highest BCUT2D eigenvalue weighted by atomic mass is 127. The van der Waals surface area contributed by atoms with Crippen LogP contribution in [0.1, 0.15) is 0 Å². The highest BCUT2D eigenvalue weighted by Crippen LogP contribution is 2.42. The molecule has 0 aliphatic carbocycles. The molecule has 19 heavy (non-hydrogen) atoms. The van der Waals surface area contributed by atoms with Crippen molar-refractivity contribution < 1.29 is 30.7 Å². The molecule has 0 unspecified atom stereocenters. The molecule has 0 heterocycles. The summed E-state index contributed by atoms with van der Waals surface area (Å²) >= 11 is 1.42. The Kier molecular flexibility index (Phi) is 4.37. The zero-order valence-electron chi connectivity index (χ0n) is 9.10. The number of halogens is 1. The molecular formula is C7H6IN2O7S2+. The molecule has 0 spiro atoms. The van der Waals surface area contributed by atoms with E-state index in [9.17, 15) is 16.8 Å². The van der Waals surface area contributed by atoms with Crippen molar-refractivity contribution in [3.8, 4) is 5.75 Å². The third kappa shape index (κ3) is 3.12. The lowest BCUT2D eigenvalue weighted by Gasteiger charge is -2.07. The van der Waals surface area contributed by atoms with Gasteiger partial charge in [-0.25, -0.2) is 0 Å². The second-order valence-corrected chi connectivity index (χ2v) is 7.03. The van der Waals surface area contributed by atoms with Crippen molar-refractivity contribution in [2.45, 2.75) is 9.79 Å². The number of methoxy groups -OCH3 is 1. The first-order valence-corrected chi connectivity index (χ1v) is 8.20. The van der Waals surface area contributed by atoms with Gasteiger partial charge in [0.1, 0.15) is 0 Å². The molecule has 0 atom stereocenters. The lowest BCUT2D eigenvalue weighted by atomic mass is 10.3. The standard InChI is InChI=1S/C7H5IN2O7S2/c1-17-6-5(10-9)4(18(11,12)13)2-3(8)7(6)19(14,15)16/h2H,1H3,(H-,11,12,13,14,15,16)/p+1. The molecule has 0 saturated carbocycles. The average molecular weight is 421 g/mol. The Balaban J connectivity index is 4.04. The Bertz CT molecular complexity index is 779. The van der Waals surface area contributed by atoms with E-state index < -0.39 is 41.5 Å². The summed E-state index contributed by atoms with van der Waals surface area (Å²) < 4.78 is 67.0. The molecule has 9 nitrogen and oxygen atoms in total. The molecule has 0 aromatic heterocycles. The Hall–Kier alpha value is -1.01. The monoisotopic (exact) mass is 421 g/mol. The first kappa shape index (κ1) is 16.0. The average Bonchev–Trinajstić information content (AvgIpc) is 2.24. The van der Waals surface area contributed by atoms with E-state index in [0.29, 0.717) is 0 Å². The van der Waals surface area contributed by atoms with Gasteiger partial charge in [0.25, 0.3) is 10.1 Å². The van der Waals surface area contributed by atoms with Crippen LogP contribution in [0.2, 0.25) is 0 Å². The molecule has 0 aliphatic heterocycles. The maximum Gasteiger partial charge on any atom is 0.448 e. The zero-order chi connectivity index (χ0) is 15.0. The van der Waals surface area contributed by atoms with Gasteiger partial charge < -0.3 is 4.74 Å². The van der Waals surface area contributed by atoms with E-state index in [1.807, 2.05) is 0 Å². The fourth-order valence-electron chi connectivity index (χ4n) is 1.30. The maximum atomic E-state index is 11.2. The second kappa shape index (κ2) is 5.17. The molecule has 12 heteroatoms. The van der Waals surface area contributed by atoms with Crippen LogP contribution in [-0.4, -0.2) is 33.1 Å². The van der Waals surface area contributed by atoms with Crippen LogP contribution in [0.3, 0.4) is 0 Å². The fraction of sp³-hybridized carbons (Fsp3) is 0.143. The zero-order valence-corrected chi connectivity index (χ0v) is 12.9. The van der Waals surface area contributed by atoms with E-state index in [0.717, 1.165) is 13.2 Å². The Morgan fingerprint density at radius 2 is 1.79 bits per heavy atom. The van der Waals surface area contributed by atoms with Gasteiger partial charge in [0, 0.05) is 3.57 Å². The normalized spacial score (nSPS) is 11.9.